The number of benzene rings is 1. The Morgan fingerprint density at radius 3 is 2.70 bits per heavy atom. The van der Waals surface area contributed by atoms with Crippen molar-refractivity contribution in [2.24, 2.45) is 0 Å². The fourth-order valence-electron chi connectivity index (χ4n) is 4.91. The summed E-state index contributed by atoms with van der Waals surface area (Å²) in [7, 11) is 0. The standard InChI is InChI=1S/C28H28FN5O2S/c1-18-16-21(19(2)34(18)17-20-8-7-15-36-20)27-26(24-11-5-6-13-30-24)32-28(37)33(27)14-12-25(35)31-23-10-4-3-9-22(23)29/h3-11,13,15-16,26-27H,12,14,17H2,1-2H3,(H,31,35)(H,32,37). The van der Waals surface area contributed by atoms with E-state index < -0.39 is 5.82 Å². The van der Waals surface area contributed by atoms with Crippen molar-refractivity contribution in [2.75, 3.05) is 11.9 Å². The molecule has 190 valence electrons. The Bertz CT molecular complexity index is 1400. The van der Waals surface area contributed by atoms with E-state index in [1.165, 1.54) is 6.07 Å². The molecule has 0 saturated carbocycles. The summed E-state index contributed by atoms with van der Waals surface area (Å²) in [5.41, 5.74) is 4.32. The van der Waals surface area contributed by atoms with E-state index in [1.807, 2.05) is 35.2 Å². The highest BCUT2D eigenvalue weighted by atomic mass is 32.1. The largest absolute Gasteiger partial charge is 0.467 e. The number of carbonyl (C=O) groups is 1. The third-order valence-electron chi connectivity index (χ3n) is 6.75. The molecule has 1 aliphatic rings. The third-order valence-corrected chi connectivity index (χ3v) is 7.10. The minimum Gasteiger partial charge on any atom is -0.467 e. The Balaban J connectivity index is 1.43. The maximum absolute atomic E-state index is 14.0. The Labute approximate surface area is 220 Å². The summed E-state index contributed by atoms with van der Waals surface area (Å²) < 4.78 is 21.8. The number of carbonyl (C=O) groups excluding carboxylic acids is 1. The molecule has 1 aromatic carbocycles. The lowest BCUT2D eigenvalue weighted by atomic mass is 9.96. The Morgan fingerprint density at radius 2 is 1.97 bits per heavy atom. The van der Waals surface area contributed by atoms with Crippen molar-refractivity contribution >= 4 is 28.9 Å². The number of pyridine rings is 1. The van der Waals surface area contributed by atoms with Crippen LogP contribution < -0.4 is 10.6 Å². The monoisotopic (exact) mass is 517 g/mol. The number of hydrogen-bond acceptors (Lipinski definition) is 4. The molecule has 0 bridgehead atoms. The van der Waals surface area contributed by atoms with Gasteiger partial charge in [0.15, 0.2) is 5.11 Å². The van der Waals surface area contributed by atoms with Gasteiger partial charge >= 0.3 is 0 Å². The summed E-state index contributed by atoms with van der Waals surface area (Å²) in [5, 5.41) is 6.64. The first-order chi connectivity index (χ1) is 17.9. The Hall–Kier alpha value is -3.98. The number of nitrogens with zero attached hydrogens (tertiary/aromatic N) is 3. The van der Waals surface area contributed by atoms with E-state index in [9.17, 15) is 9.18 Å². The molecule has 4 heterocycles. The number of furan rings is 1. The molecule has 0 radical (unpaired) electrons. The van der Waals surface area contributed by atoms with Gasteiger partial charge < -0.3 is 24.5 Å². The van der Waals surface area contributed by atoms with Gasteiger partial charge in [0.25, 0.3) is 0 Å². The quantitative estimate of drug-likeness (QED) is 0.310. The minimum absolute atomic E-state index is 0.146. The van der Waals surface area contributed by atoms with Crippen LogP contribution in [0.1, 0.15) is 46.9 Å². The number of thiocarbonyl (C=S) groups is 1. The van der Waals surface area contributed by atoms with Gasteiger partial charge in [-0.1, -0.05) is 18.2 Å². The average molecular weight is 518 g/mol. The van der Waals surface area contributed by atoms with Gasteiger partial charge in [0, 0.05) is 30.6 Å². The molecule has 0 aliphatic carbocycles. The minimum atomic E-state index is -0.466. The Morgan fingerprint density at radius 1 is 1.16 bits per heavy atom. The fourth-order valence-corrected chi connectivity index (χ4v) is 5.24. The molecule has 4 aromatic rings. The number of halogens is 1. The van der Waals surface area contributed by atoms with Crippen LogP contribution >= 0.6 is 12.2 Å². The van der Waals surface area contributed by atoms with Crippen LogP contribution in [-0.4, -0.2) is 32.0 Å². The molecular formula is C28H28FN5O2S. The van der Waals surface area contributed by atoms with Gasteiger partial charge in [-0.15, -0.1) is 0 Å². The Kier molecular flexibility index (Phi) is 7.05. The van der Waals surface area contributed by atoms with Crippen LogP contribution in [0, 0.1) is 19.7 Å². The molecular weight excluding hydrogens is 489 g/mol. The second kappa shape index (κ2) is 10.6. The summed E-state index contributed by atoms with van der Waals surface area (Å²) in [5.74, 6) is 0.124. The van der Waals surface area contributed by atoms with Crippen molar-refractivity contribution in [3.05, 3.63) is 107 Å². The normalized spacial score (nSPS) is 17.2. The number of amides is 1. The zero-order chi connectivity index (χ0) is 25.9. The van der Waals surface area contributed by atoms with Crippen molar-refractivity contribution in [3.63, 3.8) is 0 Å². The topological polar surface area (TPSA) is 75.3 Å². The molecule has 2 unspecified atom stereocenters. The van der Waals surface area contributed by atoms with Crippen LogP contribution in [0.4, 0.5) is 10.1 Å². The highest BCUT2D eigenvalue weighted by molar-refractivity contribution is 7.80. The summed E-state index contributed by atoms with van der Waals surface area (Å²) in [4.78, 5) is 19.4. The number of hydrogen-bond donors (Lipinski definition) is 2. The van der Waals surface area contributed by atoms with E-state index in [0.29, 0.717) is 18.2 Å². The first kappa shape index (κ1) is 24.7. The van der Waals surface area contributed by atoms with E-state index in [-0.39, 0.29) is 30.1 Å². The van der Waals surface area contributed by atoms with Crippen LogP contribution in [0.25, 0.3) is 0 Å². The molecule has 1 fully saturated rings. The van der Waals surface area contributed by atoms with Crippen molar-refractivity contribution in [1.29, 1.82) is 0 Å². The zero-order valence-corrected chi connectivity index (χ0v) is 21.5. The smallest absolute Gasteiger partial charge is 0.226 e. The first-order valence-corrected chi connectivity index (χ1v) is 12.5. The van der Waals surface area contributed by atoms with Gasteiger partial charge in [-0.2, -0.15) is 0 Å². The van der Waals surface area contributed by atoms with Crippen LogP contribution in [-0.2, 0) is 11.3 Å². The number of aromatic nitrogens is 2. The van der Waals surface area contributed by atoms with Crippen LogP contribution in [0.15, 0.2) is 77.5 Å². The lowest BCUT2D eigenvalue weighted by Crippen LogP contribution is -2.33. The molecule has 1 aliphatic heterocycles. The van der Waals surface area contributed by atoms with Gasteiger partial charge in [0.2, 0.25) is 5.91 Å². The lowest BCUT2D eigenvalue weighted by molar-refractivity contribution is -0.116. The number of para-hydroxylation sites is 1. The second-order valence-electron chi connectivity index (χ2n) is 9.09. The number of rotatable bonds is 8. The maximum Gasteiger partial charge on any atom is 0.226 e. The highest BCUT2D eigenvalue weighted by Crippen LogP contribution is 2.41. The van der Waals surface area contributed by atoms with E-state index in [1.54, 1.807) is 30.7 Å². The van der Waals surface area contributed by atoms with Crippen LogP contribution in [0.5, 0.6) is 0 Å². The SMILES string of the molecule is Cc1cc(C2C(c3ccccn3)NC(=S)N2CCC(=O)Nc2ccccc2F)c(C)n1Cc1ccco1. The zero-order valence-electron chi connectivity index (χ0n) is 20.6. The van der Waals surface area contributed by atoms with Gasteiger partial charge in [0.1, 0.15) is 11.6 Å². The van der Waals surface area contributed by atoms with Gasteiger partial charge in [0.05, 0.1) is 36.3 Å². The number of anilines is 1. The molecule has 5 rings (SSSR count). The van der Waals surface area contributed by atoms with Crippen LogP contribution in [0.2, 0.25) is 0 Å². The molecule has 1 saturated heterocycles. The van der Waals surface area contributed by atoms with E-state index in [4.69, 9.17) is 16.6 Å². The van der Waals surface area contributed by atoms with Gasteiger partial charge in [-0.3, -0.25) is 9.78 Å². The first-order valence-electron chi connectivity index (χ1n) is 12.1. The summed E-state index contributed by atoms with van der Waals surface area (Å²) >= 11 is 5.75. The van der Waals surface area contributed by atoms with E-state index in [2.05, 4.69) is 40.1 Å². The van der Waals surface area contributed by atoms with Crippen molar-refractivity contribution < 1.29 is 13.6 Å². The predicted molar refractivity (Wildman–Crippen MR) is 144 cm³/mol. The van der Waals surface area contributed by atoms with Crippen molar-refractivity contribution in [2.45, 2.75) is 38.9 Å². The summed E-state index contributed by atoms with van der Waals surface area (Å²) in [6.07, 6.45) is 3.59. The molecule has 0 spiro atoms. The molecule has 1 amide bonds. The van der Waals surface area contributed by atoms with Crippen molar-refractivity contribution in [3.8, 4) is 0 Å². The molecule has 37 heavy (non-hydrogen) atoms. The highest BCUT2D eigenvalue weighted by Gasteiger charge is 2.41. The third kappa shape index (κ3) is 5.13. The van der Waals surface area contributed by atoms with Gasteiger partial charge in [-0.25, -0.2) is 4.39 Å². The van der Waals surface area contributed by atoms with E-state index in [0.717, 1.165) is 28.4 Å². The van der Waals surface area contributed by atoms with Crippen LogP contribution in [0.3, 0.4) is 0 Å². The van der Waals surface area contributed by atoms with E-state index >= 15 is 0 Å². The molecule has 9 heteroatoms. The molecule has 2 N–H and O–H groups in total. The second-order valence-corrected chi connectivity index (χ2v) is 9.48. The maximum atomic E-state index is 14.0. The lowest BCUT2D eigenvalue weighted by Gasteiger charge is -2.28. The number of nitrogens with one attached hydrogen (secondary N) is 2. The van der Waals surface area contributed by atoms with Gasteiger partial charge in [-0.05, 0) is 74.1 Å². The molecule has 7 nitrogen and oxygen atoms in total. The number of aryl methyl sites for hydroxylation is 1. The molecule has 2 atom stereocenters. The summed E-state index contributed by atoms with van der Waals surface area (Å²) in [6.45, 7) is 5.14. The average Bonchev–Trinajstić information content (AvgIpc) is 3.60. The summed E-state index contributed by atoms with van der Waals surface area (Å²) in [6, 6.07) is 17.6. The van der Waals surface area contributed by atoms with Crippen molar-refractivity contribution in [1.82, 2.24) is 19.8 Å². The fraction of sp³-hybridized carbons (Fsp3) is 0.250. The molecule has 3 aromatic heterocycles. The predicted octanol–water partition coefficient (Wildman–Crippen LogP) is 5.28.